The lowest BCUT2D eigenvalue weighted by molar-refractivity contribution is -0.120. The van der Waals surface area contributed by atoms with E-state index in [4.69, 9.17) is 14.2 Å². The third-order valence-corrected chi connectivity index (χ3v) is 6.32. The molecular weight excluding hydrogens is 430 g/mol. The van der Waals surface area contributed by atoms with Crippen LogP contribution in [0.15, 0.2) is 36.4 Å². The summed E-state index contributed by atoms with van der Waals surface area (Å²) in [5.41, 5.74) is 2.76. The third-order valence-electron chi connectivity index (χ3n) is 5.20. The minimum Gasteiger partial charge on any atom is -0.493 e. The van der Waals surface area contributed by atoms with Gasteiger partial charge in [-0.1, -0.05) is 6.92 Å². The number of hydrogen-bond acceptors (Lipinski definition) is 7. The van der Waals surface area contributed by atoms with Gasteiger partial charge in [0.05, 0.1) is 25.6 Å². The van der Waals surface area contributed by atoms with Gasteiger partial charge in [0.25, 0.3) is 11.8 Å². The fraction of sp³-hybridized carbons (Fsp3) is 0.261. The second kappa shape index (κ2) is 8.88. The highest BCUT2D eigenvalue weighted by atomic mass is 32.1. The molecular formula is C23H23N3O5S. The summed E-state index contributed by atoms with van der Waals surface area (Å²) in [5, 5.41) is 3.37. The number of hydrogen-bond donors (Lipinski definition) is 1. The first-order chi connectivity index (χ1) is 15.4. The molecule has 1 aliphatic heterocycles. The number of nitrogens with zero attached hydrogens (tertiary/aromatic N) is 2. The maximum Gasteiger partial charge on any atom is 0.264 e. The number of carbonyl (C=O) groups excluding carboxylic acids is 2. The first-order valence-electron chi connectivity index (χ1n) is 10.0. The summed E-state index contributed by atoms with van der Waals surface area (Å²) in [7, 11) is 4.79. The van der Waals surface area contributed by atoms with Crippen LogP contribution < -0.4 is 24.4 Å². The Morgan fingerprint density at radius 1 is 1.19 bits per heavy atom. The van der Waals surface area contributed by atoms with E-state index in [0.717, 1.165) is 22.6 Å². The number of thiazole rings is 1. The van der Waals surface area contributed by atoms with Crippen molar-refractivity contribution in [3.63, 3.8) is 0 Å². The average molecular weight is 454 g/mol. The molecule has 2 amide bonds. The molecule has 0 atom stereocenters. The molecule has 2 aromatic carbocycles. The number of nitrogens with one attached hydrogen (secondary N) is 1. The van der Waals surface area contributed by atoms with Gasteiger partial charge in [0.1, 0.15) is 5.75 Å². The molecule has 0 unspecified atom stereocenters. The maximum atomic E-state index is 12.8. The van der Waals surface area contributed by atoms with Crippen LogP contribution in [0.25, 0.3) is 11.3 Å². The molecule has 166 valence electrons. The van der Waals surface area contributed by atoms with Crippen molar-refractivity contribution < 1.29 is 23.8 Å². The lowest BCUT2D eigenvalue weighted by Gasteiger charge is -2.26. The number of likely N-dealkylation sites (N-methyl/N-ethyl adjacent to an activating group) is 1. The average Bonchev–Trinajstić information content (AvgIpc) is 3.23. The second-order valence-electron chi connectivity index (χ2n) is 7.09. The van der Waals surface area contributed by atoms with Crippen molar-refractivity contribution in [2.75, 3.05) is 38.1 Å². The molecule has 0 bridgehead atoms. The Bertz CT molecular complexity index is 1190. The van der Waals surface area contributed by atoms with Gasteiger partial charge in [-0.3, -0.25) is 14.9 Å². The lowest BCUT2D eigenvalue weighted by atomic mass is 10.1. The Labute approximate surface area is 189 Å². The predicted molar refractivity (Wildman–Crippen MR) is 123 cm³/mol. The number of fused-ring (bicyclic) bond motifs is 1. The van der Waals surface area contributed by atoms with Crippen LogP contribution in [0.2, 0.25) is 0 Å². The van der Waals surface area contributed by atoms with E-state index in [1.54, 1.807) is 37.3 Å². The van der Waals surface area contributed by atoms with Crippen molar-refractivity contribution in [1.29, 1.82) is 0 Å². The van der Waals surface area contributed by atoms with Crippen LogP contribution >= 0.6 is 11.3 Å². The summed E-state index contributed by atoms with van der Waals surface area (Å²) < 4.78 is 16.0. The zero-order valence-electron chi connectivity index (χ0n) is 18.2. The van der Waals surface area contributed by atoms with Crippen LogP contribution in [0.4, 0.5) is 10.8 Å². The van der Waals surface area contributed by atoms with Crippen LogP contribution in [0.5, 0.6) is 17.2 Å². The second-order valence-corrected chi connectivity index (χ2v) is 8.18. The summed E-state index contributed by atoms with van der Waals surface area (Å²) in [5.74, 6) is 1.29. The molecule has 0 aliphatic carbocycles. The Morgan fingerprint density at radius 2 is 1.97 bits per heavy atom. The van der Waals surface area contributed by atoms with Gasteiger partial charge in [-0.05, 0) is 42.8 Å². The molecule has 0 saturated carbocycles. The molecule has 8 nitrogen and oxygen atoms in total. The molecule has 0 saturated heterocycles. The quantitative estimate of drug-likeness (QED) is 0.607. The van der Waals surface area contributed by atoms with E-state index in [9.17, 15) is 9.59 Å². The molecule has 9 heteroatoms. The zero-order chi connectivity index (χ0) is 22.8. The van der Waals surface area contributed by atoms with Gasteiger partial charge in [0.2, 0.25) is 0 Å². The number of amides is 2. The number of aromatic nitrogens is 1. The van der Waals surface area contributed by atoms with Crippen molar-refractivity contribution in [2.45, 2.75) is 13.3 Å². The standard InChI is InChI=1S/C23H23N3O5S/c1-5-19-21(13-6-8-16-15(10-13)26(2)20(27)12-31-16)24-23(32-19)25-22(28)14-7-9-17(29-3)18(11-14)30-4/h6-11H,5,12H2,1-4H3,(H,24,25,28). The Morgan fingerprint density at radius 3 is 2.69 bits per heavy atom. The smallest absolute Gasteiger partial charge is 0.264 e. The number of carbonyl (C=O) groups is 2. The van der Waals surface area contributed by atoms with Gasteiger partial charge in [-0.15, -0.1) is 11.3 Å². The molecule has 32 heavy (non-hydrogen) atoms. The molecule has 1 aliphatic rings. The van der Waals surface area contributed by atoms with Gasteiger partial charge < -0.3 is 19.1 Å². The monoisotopic (exact) mass is 453 g/mol. The Kier molecular flexibility index (Phi) is 6.00. The topological polar surface area (TPSA) is 90.0 Å². The van der Waals surface area contributed by atoms with E-state index < -0.39 is 0 Å². The third kappa shape index (κ3) is 3.99. The van der Waals surface area contributed by atoms with Gasteiger partial charge in [0, 0.05) is 23.1 Å². The van der Waals surface area contributed by atoms with Crippen molar-refractivity contribution in [3.05, 3.63) is 46.8 Å². The highest BCUT2D eigenvalue weighted by Crippen LogP contribution is 2.38. The lowest BCUT2D eigenvalue weighted by Crippen LogP contribution is -2.35. The van der Waals surface area contributed by atoms with Crippen molar-refractivity contribution in [3.8, 4) is 28.5 Å². The number of rotatable bonds is 6. The largest absolute Gasteiger partial charge is 0.493 e. The predicted octanol–water partition coefficient (Wildman–Crippen LogP) is 4.00. The maximum absolute atomic E-state index is 12.8. The summed E-state index contributed by atoms with van der Waals surface area (Å²) in [6, 6.07) is 10.6. The summed E-state index contributed by atoms with van der Waals surface area (Å²) in [6.07, 6.45) is 0.752. The van der Waals surface area contributed by atoms with Gasteiger partial charge in [0.15, 0.2) is 23.2 Å². The van der Waals surface area contributed by atoms with Crippen LogP contribution in [0.3, 0.4) is 0 Å². The first kappa shape index (κ1) is 21.6. The number of ether oxygens (including phenoxy) is 3. The summed E-state index contributed by atoms with van der Waals surface area (Å²) in [6.45, 7) is 2.07. The number of aryl methyl sites for hydroxylation is 1. The van der Waals surface area contributed by atoms with Gasteiger partial charge in [-0.2, -0.15) is 0 Å². The fourth-order valence-electron chi connectivity index (χ4n) is 3.44. The fourth-order valence-corrected chi connectivity index (χ4v) is 4.36. The van der Waals surface area contributed by atoms with E-state index >= 15 is 0 Å². The Hall–Kier alpha value is -3.59. The minimum absolute atomic E-state index is 0.0338. The minimum atomic E-state index is -0.293. The molecule has 4 rings (SSSR count). The Balaban J connectivity index is 1.62. The van der Waals surface area contributed by atoms with Crippen LogP contribution in [-0.2, 0) is 11.2 Å². The SMILES string of the molecule is CCc1sc(NC(=O)c2ccc(OC)c(OC)c2)nc1-c1ccc2c(c1)N(C)C(=O)CO2. The van der Waals surface area contributed by atoms with E-state index in [2.05, 4.69) is 10.3 Å². The van der Waals surface area contributed by atoms with Crippen LogP contribution in [0, 0.1) is 0 Å². The van der Waals surface area contributed by atoms with E-state index in [0.29, 0.717) is 33.6 Å². The van der Waals surface area contributed by atoms with E-state index in [1.807, 2.05) is 25.1 Å². The van der Waals surface area contributed by atoms with Crippen molar-refractivity contribution >= 4 is 34.0 Å². The van der Waals surface area contributed by atoms with Crippen LogP contribution in [0.1, 0.15) is 22.2 Å². The van der Waals surface area contributed by atoms with E-state index in [1.165, 1.54) is 18.4 Å². The molecule has 0 fully saturated rings. The molecule has 0 radical (unpaired) electrons. The highest BCUT2D eigenvalue weighted by molar-refractivity contribution is 7.16. The summed E-state index contributed by atoms with van der Waals surface area (Å²) in [4.78, 5) is 32.1. The normalized spacial score (nSPS) is 12.8. The highest BCUT2D eigenvalue weighted by Gasteiger charge is 2.24. The van der Waals surface area contributed by atoms with Gasteiger partial charge >= 0.3 is 0 Å². The molecule has 3 aromatic rings. The van der Waals surface area contributed by atoms with Gasteiger partial charge in [-0.25, -0.2) is 4.98 Å². The van der Waals surface area contributed by atoms with E-state index in [-0.39, 0.29) is 18.4 Å². The number of anilines is 2. The number of methoxy groups -OCH3 is 2. The van der Waals surface area contributed by atoms with Crippen molar-refractivity contribution in [2.24, 2.45) is 0 Å². The molecule has 1 aromatic heterocycles. The molecule has 1 N–H and O–H groups in total. The van der Waals surface area contributed by atoms with Crippen molar-refractivity contribution in [1.82, 2.24) is 4.98 Å². The zero-order valence-corrected chi connectivity index (χ0v) is 19.0. The molecule has 2 heterocycles. The first-order valence-corrected chi connectivity index (χ1v) is 10.8. The van der Waals surface area contributed by atoms with Crippen LogP contribution in [-0.4, -0.2) is 44.7 Å². The number of benzene rings is 2. The summed E-state index contributed by atoms with van der Waals surface area (Å²) >= 11 is 1.42. The molecule has 0 spiro atoms.